The van der Waals surface area contributed by atoms with Gasteiger partial charge in [-0.2, -0.15) is 0 Å². The lowest BCUT2D eigenvalue weighted by Gasteiger charge is -2.33. The number of carbonyl (C=O) groups is 1. The normalized spacial score (nSPS) is 20.7. The van der Waals surface area contributed by atoms with E-state index in [4.69, 9.17) is 4.98 Å². The number of nitrogens with zero attached hydrogens (tertiary/aromatic N) is 3. The van der Waals surface area contributed by atoms with Crippen molar-refractivity contribution in [2.75, 3.05) is 13.1 Å². The Labute approximate surface area is 159 Å². The molecule has 1 aliphatic heterocycles. The van der Waals surface area contributed by atoms with Crippen molar-refractivity contribution in [1.29, 1.82) is 0 Å². The van der Waals surface area contributed by atoms with Crippen LogP contribution in [0.2, 0.25) is 0 Å². The van der Waals surface area contributed by atoms with E-state index >= 15 is 0 Å². The predicted octanol–water partition coefficient (Wildman–Crippen LogP) is 3.12. The first kappa shape index (κ1) is 17.9. The summed E-state index contributed by atoms with van der Waals surface area (Å²) in [6, 6.07) is 5.22. The summed E-state index contributed by atoms with van der Waals surface area (Å²) in [7, 11) is 0. The molecule has 0 aromatic carbocycles. The standard InChI is InChI=1S/C21H26N4O2/c26-19-13-18(16-7-9-22-10-8-16)23-21(24-19)17-6-3-11-25(14-17)20(27)12-15-4-1-2-5-15/h7-10,13,15,17H,1-6,11-12,14H2,(H,23,24,26). The van der Waals surface area contributed by atoms with E-state index < -0.39 is 0 Å². The first-order chi connectivity index (χ1) is 13.2. The lowest BCUT2D eigenvalue weighted by Crippen LogP contribution is -2.40. The van der Waals surface area contributed by atoms with E-state index in [-0.39, 0.29) is 17.4 Å². The van der Waals surface area contributed by atoms with Crippen molar-refractivity contribution in [2.45, 2.75) is 50.9 Å². The second kappa shape index (κ2) is 8.03. The van der Waals surface area contributed by atoms with Crippen LogP contribution in [-0.4, -0.2) is 38.8 Å². The molecule has 0 radical (unpaired) electrons. The molecule has 6 nitrogen and oxygen atoms in total. The maximum Gasteiger partial charge on any atom is 0.251 e. The molecule has 1 saturated heterocycles. The molecule has 3 heterocycles. The molecule has 2 fully saturated rings. The van der Waals surface area contributed by atoms with Gasteiger partial charge in [-0.1, -0.05) is 12.8 Å². The molecule has 6 heteroatoms. The minimum absolute atomic E-state index is 0.0840. The van der Waals surface area contributed by atoms with Gasteiger partial charge in [-0.25, -0.2) is 4.98 Å². The zero-order valence-corrected chi connectivity index (χ0v) is 15.6. The number of aromatic amines is 1. The van der Waals surface area contributed by atoms with Gasteiger partial charge < -0.3 is 9.88 Å². The van der Waals surface area contributed by atoms with Gasteiger partial charge in [0, 0.05) is 49.5 Å². The number of aromatic nitrogens is 3. The third-order valence-corrected chi connectivity index (χ3v) is 5.83. The molecule has 1 atom stereocenters. The summed E-state index contributed by atoms with van der Waals surface area (Å²) in [5.41, 5.74) is 1.38. The summed E-state index contributed by atoms with van der Waals surface area (Å²) in [6.07, 6.45) is 10.8. The highest BCUT2D eigenvalue weighted by atomic mass is 16.2. The van der Waals surface area contributed by atoms with Crippen molar-refractivity contribution in [3.05, 3.63) is 46.8 Å². The molecule has 0 spiro atoms. The van der Waals surface area contributed by atoms with E-state index in [1.54, 1.807) is 12.4 Å². The van der Waals surface area contributed by atoms with Crippen LogP contribution in [0.5, 0.6) is 0 Å². The molecule has 4 rings (SSSR count). The van der Waals surface area contributed by atoms with Crippen LogP contribution in [0.4, 0.5) is 0 Å². The van der Waals surface area contributed by atoms with Gasteiger partial charge in [-0.3, -0.25) is 14.6 Å². The van der Waals surface area contributed by atoms with Crippen molar-refractivity contribution in [3.8, 4) is 11.3 Å². The smallest absolute Gasteiger partial charge is 0.251 e. The van der Waals surface area contributed by atoms with Crippen LogP contribution in [0.25, 0.3) is 11.3 Å². The van der Waals surface area contributed by atoms with Gasteiger partial charge in [-0.15, -0.1) is 0 Å². The summed E-state index contributed by atoms with van der Waals surface area (Å²) in [6.45, 7) is 1.46. The summed E-state index contributed by atoms with van der Waals surface area (Å²) in [5, 5.41) is 0. The molecule has 1 unspecified atom stereocenters. The first-order valence-corrected chi connectivity index (χ1v) is 9.98. The van der Waals surface area contributed by atoms with Gasteiger partial charge >= 0.3 is 0 Å². The number of hydrogen-bond donors (Lipinski definition) is 1. The van der Waals surface area contributed by atoms with Gasteiger partial charge in [0.1, 0.15) is 5.82 Å². The molecule has 2 aliphatic rings. The summed E-state index contributed by atoms with van der Waals surface area (Å²) in [4.78, 5) is 38.5. The Hall–Kier alpha value is -2.50. The Morgan fingerprint density at radius 3 is 2.70 bits per heavy atom. The van der Waals surface area contributed by atoms with Crippen molar-refractivity contribution in [3.63, 3.8) is 0 Å². The van der Waals surface area contributed by atoms with Gasteiger partial charge in [0.15, 0.2) is 0 Å². The van der Waals surface area contributed by atoms with Crippen LogP contribution in [0, 0.1) is 5.92 Å². The molecule has 142 valence electrons. The van der Waals surface area contributed by atoms with E-state index in [1.807, 2.05) is 17.0 Å². The van der Waals surface area contributed by atoms with Crippen molar-refractivity contribution in [1.82, 2.24) is 19.9 Å². The fraction of sp³-hybridized carbons (Fsp3) is 0.524. The molecule has 2 aromatic heterocycles. The molecular formula is C21H26N4O2. The number of hydrogen-bond acceptors (Lipinski definition) is 4. The first-order valence-electron chi connectivity index (χ1n) is 9.98. The number of amides is 1. The minimum Gasteiger partial charge on any atom is -0.342 e. The Bertz CT molecular complexity index is 843. The van der Waals surface area contributed by atoms with Crippen molar-refractivity contribution < 1.29 is 4.79 Å². The quantitative estimate of drug-likeness (QED) is 0.902. The monoisotopic (exact) mass is 366 g/mol. The molecule has 1 aliphatic carbocycles. The highest BCUT2D eigenvalue weighted by Crippen LogP contribution is 2.30. The number of nitrogens with one attached hydrogen (secondary N) is 1. The number of piperidine rings is 1. The van der Waals surface area contributed by atoms with E-state index in [1.165, 1.54) is 31.7 Å². The average Bonchev–Trinajstić information content (AvgIpc) is 3.21. The van der Waals surface area contributed by atoms with Gasteiger partial charge in [-0.05, 0) is 43.7 Å². The largest absolute Gasteiger partial charge is 0.342 e. The highest BCUT2D eigenvalue weighted by molar-refractivity contribution is 5.76. The van der Waals surface area contributed by atoms with Gasteiger partial charge in [0.2, 0.25) is 5.91 Å². The maximum atomic E-state index is 12.7. The Morgan fingerprint density at radius 1 is 1.15 bits per heavy atom. The third kappa shape index (κ3) is 4.26. The van der Waals surface area contributed by atoms with Crippen LogP contribution < -0.4 is 5.56 Å². The van der Waals surface area contributed by atoms with Gasteiger partial charge in [0.25, 0.3) is 5.56 Å². The molecule has 1 N–H and O–H groups in total. The van der Waals surface area contributed by atoms with E-state index in [2.05, 4.69) is 9.97 Å². The zero-order chi connectivity index (χ0) is 18.6. The number of carbonyl (C=O) groups excluding carboxylic acids is 1. The van der Waals surface area contributed by atoms with E-state index in [0.29, 0.717) is 30.4 Å². The Kier molecular flexibility index (Phi) is 5.32. The van der Waals surface area contributed by atoms with Crippen molar-refractivity contribution >= 4 is 5.91 Å². The number of likely N-dealkylation sites (tertiary alicyclic amines) is 1. The maximum absolute atomic E-state index is 12.7. The molecule has 0 bridgehead atoms. The summed E-state index contributed by atoms with van der Waals surface area (Å²) >= 11 is 0. The lowest BCUT2D eigenvalue weighted by atomic mass is 9.95. The molecule has 1 amide bonds. The second-order valence-corrected chi connectivity index (χ2v) is 7.79. The number of H-pyrrole nitrogens is 1. The molecule has 2 aromatic rings. The zero-order valence-electron chi connectivity index (χ0n) is 15.6. The fourth-order valence-corrected chi connectivity index (χ4v) is 4.36. The number of pyridine rings is 1. The van der Waals surface area contributed by atoms with Gasteiger partial charge in [0.05, 0.1) is 5.69 Å². The van der Waals surface area contributed by atoms with Crippen LogP contribution in [0.1, 0.15) is 56.7 Å². The van der Waals surface area contributed by atoms with Crippen LogP contribution in [0.3, 0.4) is 0 Å². The topological polar surface area (TPSA) is 79.0 Å². The number of rotatable bonds is 4. The second-order valence-electron chi connectivity index (χ2n) is 7.79. The van der Waals surface area contributed by atoms with Crippen LogP contribution in [-0.2, 0) is 4.79 Å². The average molecular weight is 366 g/mol. The molecule has 27 heavy (non-hydrogen) atoms. The lowest BCUT2D eigenvalue weighted by molar-refractivity contribution is -0.133. The third-order valence-electron chi connectivity index (χ3n) is 5.83. The minimum atomic E-state index is -0.152. The Morgan fingerprint density at radius 2 is 1.93 bits per heavy atom. The van der Waals surface area contributed by atoms with Crippen LogP contribution in [0.15, 0.2) is 35.4 Å². The Balaban J connectivity index is 1.50. The molecule has 1 saturated carbocycles. The van der Waals surface area contributed by atoms with E-state index in [0.717, 1.165) is 24.9 Å². The summed E-state index contributed by atoms with van der Waals surface area (Å²) in [5.74, 6) is 1.60. The SMILES string of the molecule is O=C(CC1CCCC1)N1CCCC(c2nc(-c3ccncc3)cc(=O)[nH]2)C1. The summed E-state index contributed by atoms with van der Waals surface area (Å²) < 4.78 is 0. The predicted molar refractivity (Wildman–Crippen MR) is 103 cm³/mol. The van der Waals surface area contributed by atoms with Crippen LogP contribution >= 0.6 is 0 Å². The van der Waals surface area contributed by atoms with E-state index in [9.17, 15) is 9.59 Å². The highest BCUT2D eigenvalue weighted by Gasteiger charge is 2.28. The van der Waals surface area contributed by atoms with Crippen molar-refractivity contribution in [2.24, 2.45) is 5.92 Å². The fourth-order valence-electron chi connectivity index (χ4n) is 4.36. The molecular weight excluding hydrogens is 340 g/mol.